The van der Waals surface area contributed by atoms with E-state index in [9.17, 15) is 5.11 Å². The van der Waals surface area contributed by atoms with E-state index in [1.54, 1.807) is 0 Å². The summed E-state index contributed by atoms with van der Waals surface area (Å²) in [4.78, 5) is 4.72. The van der Waals surface area contributed by atoms with Crippen molar-refractivity contribution in [3.63, 3.8) is 0 Å². The second-order valence-corrected chi connectivity index (χ2v) is 4.51. The van der Waals surface area contributed by atoms with Crippen LogP contribution in [-0.4, -0.2) is 60.3 Å². The van der Waals surface area contributed by atoms with Crippen molar-refractivity contribution in [3.8, 4) is 0 Å². The first-order valence-corrected chi connectivity index (χ1v) is 5.73. The number of hydrogen-bond donors (Lipinski definition) is 1. The van der Waals surface area contributed by atoms with Crippen LogP contribution in [0.5, 0.6) is 0 Å². The van der Waals surface area contributed by atoms with Gasteiger partial charge >= 0.3 is 0 Å². The highest BCUT2D eigenvalue weighted by atomic mass is 16.3. The normalized spacial score (nSPS) is 21.4. The molecule has 0 aromatic carbocycles. The quantitative estimate of drug-likeness (QED) is 0.726. The first-order valence-electron chi connectivity index (χ1n) is 5.73. The van der Waals surface area contributed by atoms with E-state index in [4.69, 9.17) is 0 Å². The van der Waals surface area contributed by atoms with Gasteiger partial charge in [0.1, 0.15) is 0 Å². The highest BCUT2D eigenvalue weighted by Crippen LogP contribution is 2.17. The van der Waals surface area contributed by atoms with Gasteiger partial charge in [0.2, 0.25) is 0 Å². The molecule has 0 aromatic rings. The predicted molar refractivity (Wildman–Crippen MR) is 59.5 cm³/mol. The molecule has 0 aromatic heterocycles. The van der Waals surface area contributed by atoms with Crippen LogP contribution in [0.25, 0.3) is 0 Å². The molecule has 0 amide bonds. The monoisotopic (exact) mass is 200 g/mol. The molecule has 1 saturated heterocycles. The van der Waals surface area contributed by atoms with Crippen LogP contribution in [0, 0.1) is 0 Å². The third-order valence-corrected chi connectivity index (χ3v) is 3.43. The molecule has 1 heterocycles. The van der Waals surface area contributed by atoms with E-state index >= 15 is 0 Å². The van der Waals surface area contributed by atoms with E-state index in [2.05, 4.69) is 30.7 Å². The molecule has 3 heteroatoms. The van der Waals surface area contributed by atoms with Crippen LogP contribution >= 0.6 is 0 Å². The van der Waals surface area contributed by atoms with Gasteiger partial charge in [-0.05, 0) is 19.9 Å². The van der Waals surface area contributed by atoms with E-state index in [0.717, 1.165) is 45.6 Å². The maximum absolute atomic E-state index is 10.2. The fourth-order valence-corrected chi connectivity index (χ4v) is 1.90. The average molecular weight is 200 g/mol. The van der Waals surface area contributed by atoms with E-state index in [1.165, 1.54) is 0 Å². The minimum atomic E-state index is -0.462. The van der Waals surface area contributed by atoms with Gasteiger partial charge in [0.15, 0.2) is 0 Å². The van der Waals surface area contributed by atoms with Crippen molar-refractivity contribution >= 4 is 0 Å². The molecule has 1 aliphatic rings. The largest absolute Gasteiger partial charge is 0.389 e. The lowest BCUT2D eigenvalue weighted by Crippen LogP contribution is -2.50. The summed E-state index contributed by atoms with van der Waals surface area (Å²) in [6.45, 7) is 9.43. The van der Waals surface area contributed by atoms with Crippen molar-refractivity contribution in [1.82, 2.24) is 9.80 Å². The molecule has 3 nitrogen and oxygen atoms in total. The molecule has 1 fully saturated rings. The average Bonchev–Trinajstić information content (AvgIpc) is 2.21. The third-order valence-electron chi connectivity index (χ3n) is 3.43. The Morgan fingerprint density at radius 3 is 2.00 bits per heavy atom. The molecule has 1 rings (SSSR count). The van der Waals surface area contributed by atoms with Crippen molar-refractivity contribution in [2.75, 3.05) is 39.8 Å². The maximum Gasteiger partial charge on any atom is 0.0768 e. The molecule has 0 atom stereocenters. The first kappa shape index (κ1) is 12.0. The standard InChI is InChI=1S/C11H24N2O/c1-4-11(14,5-2)10-13-8-6-12(3)7-9-13/h14H,4-10H2,1-3H3. The molecule has 1 N–H and O–H groups in total. The smallest absolute Gasteiger partial charge is 0.0768 e. The van der Waals surface area contributed by atoms with E-state index in [-0.39, 0.29) is 0 Å². The summed E-state index contributed by atoms with van der Waals surface area (Å²) in [5.74, 6) is 0. The van der Waals surface area contributed by atoms with Gasteiger partial charge in [0, 0.05) is 32.7 Å². The third kappa shape index (κ3) is 3.23. The minimum Gasteiger partial charge on any atom is -0.389 e. The Morgan fingerprint density at radius 1 is 1.07 bits per heavy atom. The highest BCUT2D eigenvalue weighted by molar-refractivity contribution is 4.81. The highest BCUT2D eigenvalue weighted by Gasteiger charge is 2.26. The fourth-order valence-electron chi connectivity index (χ4n) is 1.90. The summed E-state index contributed by atoms with van der Waals surface area (Å²) in [5, 5.41) is 10.2. The number of nitrogens with zero attached hydrogens (tertiary/aromatic N) is 2. The van der Waals surface area contributed by atoms with Gasteiger partial charge in [-0.2, -0.15) is 0 Å². The number of β-amino-alcohol motifs (C(OH)–C–C–N with tert-alkyl or cyclic N) is 1. The van der Waals surface area contributed by atoms with E-state index in [1.807, 2.05) is 0 Å². The van der Waals surface area contributed by atoms with Crippen LogP contribution in [0.15, 0.2) is 0 Å². The molecule has 0 saturated carbocycles. The summed E-state index contributed by atoms with van der Waals surface area (Å²) >= 11 is 0. The number of piperazine rings is 1. The summed E-state index contributed by atoms with van der Waals surface area (Å²) in [6.07, 6.45) is 1.71. The van der Waals surface area contributed by atoms with Gasteiger partial charge in [0.25, 0.3) is 0 Å². The second-order valence-electron chi connectivity index (χ2n) is 4.51. The van der Waals surface area contributed by atoms with Gasteiger partial charge in [-0.1, -0.05) is 13.8 Å². The Kier molecular flexibility index (Phi) is 4.35. The van der Waals surface area contributed by atoms with Gasteiger partial charge in [-0.25, -0.2) is 0 Å². The lowest BCUT2D eigenvalue weighted by atomic mass is 9.96. The molecular formula is C11H24N2O. The molecule has 0 bridgehead atoms. The van der Waals surface area contributed by atoms with Gasteiger partial charge in [-0.15, -0.1) is 0 Å². The van der Waals surface area contributed by atoms with Crippen molar-refractivity contribution in [2.24, 2.45) is 0 Å². The van der Waals surface area contributed by atoms with Crippen molar-refractivity contribution < 1.29 is 5.11 Å². The summed E-state index contributed by atoms with van der Waals surface area (Å²) in [6, 6.07) is 0. The Labute approximate surface area is 87.7 Å². The molecule has 0 radical (unpaired) electrons. The second kappa shape index (κ2) is 5.10. The van der Waals surface area contributed by atoms with Crippen molar-refractivity contribution in [2.45, 2.75) is 32.3 Å². The minimum absolute atomic E-state index is 0.462. The topological polar surface area (TPSA) is 26.7 Å². The first-order chi connectivity index (χ1) is 6.59. The van der Waals surface area contributed by atoms with Gasteiger partial charge in [-0.3, -0.25) is 4.90 Å². The van der Waals surface area contributed by atoms with Crippen molar-refractivity contribution in [1.29, 1.82) is 0 Å². The van der Waals surface area contributed by atoms with Crippen LogP contribution in [0.4, 0.5) is 0 Å². The number of hydrogen-bond acceptors (Lipinski definition) is 3. The van der Waals surface area contributed by atoms with Crippen LogP contribution in [-0.2, 0) is 0 Å². The Bertz CT molecular complexity index is 161. The molecule has 0 unspecified atom stereocenters. The predicted octanol–water partition coefficient (Wildman–Crippen LogP) is 0.785. The summed E-state index contributed by atoms with van der Waals surface area (Å²) in [5.41, 5.74) is -0.462. The fraction of sp³-hybridized carbons (Fsp3) is 1.00. The van der Waals surface area contributed by atoms with Gasteiger partial charge in [0.05, 0.1) is 5.60 Å². The zero-order valence-corrected chi connectivity index (χ0v) is 9.79. The van der Waals surface area contributed by atoms with E-state index < -0.39 is 5.60 Å². The molecule has 1 aliphatic heterocycles. The van der Waals surface area contributed by atoms with Crippen LogP contribution < -0.4 is 0 Å². The Morgan fingerprint density at radius 2 is 1.57 bits per heavy atom. The zero-order chi connectivity index (χ0) is 10.6. The maximum atomic E-state index is 10.2. The van der Waals surface area contributed by atoms with Crippen LogP contribution in [0.3, 0.4) is 0 Å². The molecule has 84 valence electrons. The summed E-state index contributed by atoms with van der Waals surface area (Å²) in [7, 11) is 2.16. The van der Waals surface area contributed by atoms with Crippen LogP contribution in [0.2, 0.25) is 0 Å². The van der Waals surface area contributed by atoms with E-state index in [0.29, 0.717) is 0 Å². The molecular weight excluding hydrogens is 176 g/mol. The number of likely N-dealkylation sites (N-methyl/N-ethyl adjacent to an activating group) is 1. The van der Waals surface area contributed by atoms with Crippen LogP contribution in [0.1, 0.15) is 26.7 Å². The summed E-state index contributed by atoms with van der Waals surface area (Å²) < 4.78 is 0. The van der Waals surface area contributed by atoms with Gasteiger partial charge < -0.3 is 10.0 Å². The lowest BCUT2D eigenvalue weighted by molar-refractivity contribution is -0.0135. The molecule has 0 spiro atoms. The molecule has 14 heavy (non-hydrogen) atoms. The Balaban J connectivity index is 2.36. The zero-order valence-electron chi connectivity index (χ0n) is 9.79. The number of aliphatic hydroxyl groups is 1. The molecule has 0 aliphatic carbocycles. The lowest BCUT2D eigenvalue weighted by Gasteiger charge is -2.37. The SMILES string of the molecule is CCC(O)(CC)CN1CCN(C)CC1. The number of rotatable bonds is 4. The Hall–Kier alpha value is -0.120. The van der Waals surface area contributed by atoms with Crippen molar-refractivity contribution in [3.05, 3.63) is 0 Å².